The molecule has 2 atom stereocenters. The summed E-state index contributed by atoms with van der Waals surface area (Å²) >= 11 is 0. The number of imide groups is 2. The van der Waals surface area contributed by atoms with Gasteiger partial charge in [-0.1, -0.05) is 12.1 Å². The summed E-state index contributed by atoms with van der Waals surface area (Å²) in [6.07, 6.45) is 1.33. The Balaban J connectivity index is 1.61. The predicted octanol–water partition coefficient (Wildman–Crippen LogP) is -0.118. The number of likely N-dealkylation sites (N-methyl/N-ethyl adjacent to an activating group) is 1. The maximum absolute atomic E-state index is 13.1. The van der Waals surface area contributed by atoms with E-state index in [2.05, 4.69) is 15.5 Å². The number of benzene rings is 1. The number of fused-ring (bicyclic) bond motifs is 1. The van der Waals surface area contributed by atoms with E-state index in [0.29, 0.717) is 23.7 Å². The Morgan fingerprint density at radius 2 is 1.96 bits per heavy atom. The van der Waals surface area contributed by atoms with Gasteiger partial charge in [-0.05, 0) is 38.1 Å². The van der Waals surface area contributed by atoms with Gasteiger partial charge in [0.15, 0.2) is 0 Å². The van der Waals surface area contributed by atoms with E-state index in [1.54, 1.807) is 12.1 Å². The summed E-state index contributed by atoms with van der Waals surface area (Å²) in [7, 11) is 2.01. The van der Waals surface area contributed by atoms with Gasteiger partial charge in [0.2, 0.25) is 11.8 Å². The molecule has 3 heterocycles. The highest BCUT2D eigenvalue weighted by Crippen LogP contribution is 2.30. The zero-order valence-corrected chi connectivity index (χ0v) is 15.2. The lowest BCUT2D eigenvalue weighted by atomic mass is 10.0. The van der Waals surface area contributed by atoms with Crippen LogP contribution in [0, 0.1) is 0 Å². The van der Waals surface area contributed by atoms with Gasteiger partial charge in [0, 0.05) is 25.6 Å². The zero-order chi connectivity index (χ0) is 19.1. The molecule has 0 aromatic heterocycles. The second-order valence-electron chi connectivity index (χ2n) is 7.35. The molecule has 1 aromatic rings. The number of rotatable bonds is 4. The Labute approximate surface area is 156 Å². The first-order valence-electron chi connectivity index (χ1n) is 9.22. The summed E-state index contributed by atoms with van der Waals surface area (Å²) in [5.41, 5.74) is 1.50. The maximum Gasteiger partial charge on any atom is 0.262 e. The number of hydrogen-bond acceptors (Lipinski definition) is 6. The number of amides is 4. The number of carbonyl (C=O) groups excluding carboxylic acids is 4. The van der Waals surface area contributed by atoms with Crippen molar-refractivity contribution in [2.75, 3.05) is 20.1 Å². The van der Waals surface area contributed by atoms with Gasteiger partial charge in [-0.15, -0.1) is 0 Å². The van der Waals surface area contributed by atoms with Crippen molar-refractivity contribution in [3.63, 3.8) is 0 Å². The summed E-state index contributed by atoms with van der Waals surface area (Å²) < 4.78 is 0. The fourth-order valence-corrected chi connectivity index (χ4v) is 4.13. The lowest BCUT2D eigenvalue weighted by Gasteiger charge is -2.28. The Hall–Kier alpha value is -2.58. The van der Waals surface area contributed by atoms with Gasteiger partial charge < -0.3 is 5.32 Å². The van der Waals surface area contributed by atoms with Crippen molar-refractivity contribution in [3.8, 4) is 0 Å². The first-order chi connectivity index (χ1) is 13.0. The minimum absolute atomic E-state index is 0.119. The molecule has 0 radical (unpaired) electrons. The highest BCUT2D eigenvalue weighted by Gasteiger charge is 2.45. The van der Waals surface area contributed by atoms with E-state index >= 15 is 0 Å². The molecule has 0 aliphatic carbocycles. The fraction of sp³-hybridized carbons (Fsp3) is 0.474. The van der Waals surface area contributed by atoms with Crippen LogP contribution in [0.3, 0.4) is 0 Å². The summed E-state index contributed by atoms with van der Waals surface area (Å²) in [5.74, 6) is -1.87. The number of nitrogens with zero attached hydrogens (tertiary/aromatic N) is 2. The highest BCUT2D eigenvalue weighted by atomic mass is 16.2. The van der Waals surface area contributed by atoms with E-state index in [1.165, 1.54) is 0 Å². The number of carbonyl (C=O) groups is 4. The fourth-order valence-electron chi connectivity index (χ4n) is 4.13. The molecule has 1 unspecified atom stereocenters. The van der Waals surface area contributed by atoms with Crippen LogP contribution in [0.1, 0.15) is 45.5 Å². The number of hydrogen-bond donors (Lipinski definition) is 2. The molecule has 2 fully saturated rings. The number of piperidine rings is 1. The van der Waals surface area contributed by atoms with Gasteiger partial charge in [-0.3, -0.25) is 34.3 Å². The molecule has 8 heteroatoms. The van der Waals surface area contributed by atoms with E-state index in [9.17, 15) is 19.2 Å². The van der Waals surface area contributed by atoms with Crippen molar-refractivity contribution < 1.29 is 19.2 Å². The van der Waals surface area contributed by atoms with E-state index in [4.69, 9.17) is 0 Å². The lowest BCUT2D eigenvalue weighted by Crippen LogP contribution is -2.54. The molecule has 2 N–H and O–H groups in total. The largest absolute Gasteiger partial charge is 0.315 e. The first kappa shape index (κ1) is 17.8. The first-order valence-corrected chi connectivity index (χ1v) is 9.22. The standard InChI is InChI=1S/C19H22N4O4/c1-22(12-7-8-20-9-12)10-11-3-2-4-13-16(11)19(27)23(18(13)26)14-5-6-15(24)21-17(14)25/h2-4,12,14,20H,5-10H2,1H3,(H,21,24,25)/t12-,14?/m0/s1. The quantitative estimate of drug-likeness (QED) is 0.717. The van der Waals surface area contributed by atoms with Gasteiger partial charge in [-0.2, -0.15) is 0 Å². The Kier molecular flexibility index (Phi) is 4.53. The van der Waals surface area contributed by atoms with Crippen LogP contribution in [0.4, 0.5) is 0 Å². The molecule has 3 aliphatic rings. The molecular weight excluding hydrogens is 348 g/mol. The van der Waals surface area contributed by atoms with E-state index in [0.717, 1.165) is 30.0 Å². The monoisotopic (exact) mass is 370 g/mol. The number of nitrogens with one attached hydrogen (secondary N) is 2. The summed E-state index contributed by atoms with van der Waals surface area (Å²) in [6, 6.07) is 4.71. The zero-order valence-electron chi connectivity index (χ0n) is 15.2. The van der Waals surface area contributed by atoms with Crippen molar-refractivity contribution in [1.82, 2.24) is 20.4 Å². The summed E-state index contributed by atoms with van der Waals surface area (Å²) in [4.78, 5) is 52.7. The molecular formula is C19H22N4O4. The van der Waals surface area contributed by atoms with Crippen LogP contribution in [-0.2, 0) is 16.1 Å². The maximum atomic E-state index is 13.1. The average Bonchev–Trinajstić information content (AvgIpc) is 3.25. The van der Waals surface area contributed by atoms with Crippen LogP contribution < -0.4 is 10.6 Å². The normalized spacial score (nSPS) is 25.3. The third-order valence-corrected chi connectivity index (χ3v) is 5.63. The van der Waals surface area contributed by atoms with Crippen LogP contribution in [0.2, 0.25) is 0 Å². The molecule has 8 nitrogen and oxygen atoms in total. The van der Waals surface area contributed by atoms with Gasteiger partial charge in [0.25, 0.3) is 11.8 Å². The van der Waals surface area contributed by atoms with Crippen molar-refractivity contribution >= 4 is 23.6 Å². The van der Waals surface area contributed by atoms with E-state index < -0.39 is 23.8 Å². The second-order valence-corrected chi connectivity index (χ2v) is 7.35. The highest BCUT2D eigenvalue weighted by molar-refractivity contribution is 6.24. The van der Waals surface area contributed by atoms with Gasteiger partial charge in [0.1, 0.15) is 6.04 Å². The smallest absolute Gasteiger partial charge is 0.262 e. The molecule has 0 bridgehead atoms. The lowest BCUT2D eigenvalue weighted by molar-refractivity contribution is -0.136. The van der Waals surface area contributed by atoms with Crippen LogP contribution >= 0.6 is 0 Å². The van der Waals surface area contributed by atoms with Crippen molar-refractivity contribution in [1.29, 1.82) is 0 Å². The van der Waals surface area contributed by atoms with Crippen LogP contribution in [-0.4, -0.2) is 65.6 Å². The minimum Gasteiger partial charge on any atom is -0.315 e. The van der Waals surface area contributed by atoms with E-state index in [1.807, 2.05) is 13.1 Å². The topological polar surface area (TPSA) is 98.8 Å². The Morgan fingerprint density at radius 3 is 2.67 bits per heavy atom. The van der Waals surface area contributed by atoms with Crippen LogP contribution in [0.5, 0.6) is 0 Å². The van der Waals surface area contributed by atoms with Crippen molar-refractivity contribution in [3.05, 3.63) is 34.9 Å². The van der Waals surface area contributed by atoms with E-state index in [-0.39, 0.29) is 18.7 Å². The third kappa shape index (κ3) is 3.04. The summed E-state index contributed by atoms with van der Waals surface area (Å²) in [6.45, 7) is 2.43. The van der Waals surface area contributed by atoms with Crippen molar-refractivity contribution in [2.45, 2.75) is 37.9 Å². The Morgan fingerprint density at radius 1 is 1.15 bits per heavy atom. The molecule has 142 valence electrons. The average molecular weight is 370 g/mol. The Bertz CT molecular complexity index is 831. The summed E-state index contributed by atoms with van der Waals surface area (Å²) in [5, 5.41) is 5.54. The van der Waals surface area contributed by atoms with Crippen LogP contribution in [0.15, 0.2) is 18.2 Å². The van der Waals surface area contributed by atoms with Gasteiger partial charge in [-0.25, -0.2) is 0 Å². The predicted molar refractivity (Wildman–Crippen MR) is 95.9 cm³/mol. The molecule has 2 saturated heterocycles. The van der Waals surface area contributed by atoms with Gasteiger partial charge in [0.05, 0.1) is 11.1 Å². The molecule has 0 spiro atoms. The second kappa shape index (κ2) is 6.86. The van der Waals surface area contributed by atoms with Crippen LogP contribution in [0.25, 0.3) is 0 Å². The molecule has 4 amide bonds. The van der Waals surface area contributed by atoms with Crippen molar-refractivity contribution in [2.24, 2.45) is 0 Å². The molecule has 4 rings (SSSR count). The molecule has 3 aliphatic heterocycles. The molecule has 27 heavy (non-hydrogen) atoms. The van der Waals surface area contributed by atoms with Gasteiger partial charge >= 0.3 is 0 Å². The minimum atomic E-state index is -0.931. The molecule has 0 saturated carbocycles. The SMILES string of the molecule is CN(Cc1cccc2c1C(=O)N(C1CCC(=O)NC1=O)C2=O)[C@H]1CCNC1. The molecule has 1 aromatic carbocycles. The third-order valence-electron chi connectivity index (χ3n) is 5.63.